The lowest BCUT2D eigenvalue weighted by atomic mass is 10.1. The molecule has 0 bridgehead atoms. The fraction of sp³-hybridized carbons (Fsp3) is 0.500. The number of amides is 1. The van der Waals surface area contributed by atoms with Crippen molar-refractivity contribution in [3.8, 4) is 0 Å². The molecule has 0 fully saturated rings. The second-order valence-electron chi connectivity index (χ2n) is 9.32. The van der Waals surface area contributed by atoms with Crippen LogP contribution < -0.4 is 10.5 Å². The molecule has 0 aliphatic carbocycles. The zero-order valence-electron chi connectivity index (χ0n) is 19.0. The van der Waals surface area contributed by atoms with E-state index in [0.29, 0.717) is 39.0 Å². The molecule has 3 N–H and O–H groups in total. The number of imidazole rings is 1. The summed E-state index contributed by atoms with van der Waals surface area (Å²) < 4.78 is 8.01. The van der Waals surface area contributed by atoms with Gasteiger partial charge in [0, 0.05) is 11.9 Å². The molecule has 0 unspecified atom stereocenters. The largest absolute Gasteiger partial charge is 0.710 e. The molecule has 168 valence electrons. The number of fused-ring (bicyclic) bond motifs is 3. The summed E-state index contributed by atoms with van der Waals surface area (Å²) in [5.74, 6) is 0.484. The van der Waals surface area contributed by atoms with E-state index in [4.69, 9.17) is 10.5 Å². The first-order valence-corrected chi connectivity index (χ1v) is 10.3. The number of hydrogen-bond acceptors (Lipinski definition) is 6. The van der Waals surface area contributed by atoms with Crippen LogP contribution in [-0.2, 0) is 17.8 Å². The highest BCUT2D eigenvalue weighted by Gasteiger charge is 2.28. The molecule has 3 rings (SSSR count). The average molecular weight is 430 g/mol. The van der Waals surface area contributed by atoms with Gasteiger partial charge in [0.2, 0.25) is 0 Å². The fourth-order valence-corrected chi connectivity index (χ4v) is 3.51. The second kappa shape index (κ2) is 7.88. The highest BCUT2D eigenvalue weighted by molar-refractivity contribution is 6.04. The van der Waals surface area contributed by atoms with Crippen LogP contribution in [0.4, 0.5) is 10.6 Å². The van der Waals surface area contributed by atoms with Crippen molar-refractivity contribution in [2.45, 2.75) is 65.8 Å². The van der Waals surface area contributed by atoms with Crippen LogP contribution in [-0.4, -0.2) is 43.4 Å². The monoisotopic (exact) mass is 429 g/mol. The molecule has 9 heteroatoms. The number of pyridine rings is 1. The fourth-order valence-electron chi connectivity index (χ4n) is 3.51. The van der Waals surface area contributed by atoms with Crippen molar-refractivity contribution < 1.29 is 19.4 Å². The van der Waals surface area contributed by atoms with Crippen LogP contribution in [0.2, 0.25) is 0 Å². The third-order valence-electron chi connectivity index (χ3n) is 4.80. The molecule has 0 aliphatic rings. The van der Waals surface area contributed by atoms with E-state index in [0.717, 1.165) is 0 Å². The molecule has 9 nitrogen and oxygen atoms in total. The first-order chi connectivity index (χ1) is 14.3. The maximum atomic E-state index is 12.7. The van der Waals surface area contributed by atoms with Crippen LogP contribution in [0.3, 0.4) is 0 Å². The summed E-state index contributed by atoms with van der Waals surface area (Å²) in [6, 6.07) is 7.11. The minimum absolute atomic E-state index is 0.0234. The average Bonchev–Trinajstić information content (AvgIpc) is 2.99. The molecule has 0 spiro atoms. The number of aliphatic hydroxyl groups is 1. The zero-order valence-corrected chi connectivity index (χ0v) is 19.0. The summed E-state index contributed by atoms with van der Waals surface area (Å²) in [4.78, 5) is 18.8. The predicted molar refractivity (Wildman–Crippen MR) is 119 cm³/mol. The molecule has 31 heavy (non-hydrogen) atoms. The first-order valence-electron chi connectivity index (χ1n) is 10.3. The molecular weight excluding hydrogens is 398 g/mol. The van der Waals surface area contributed by atoms with Gasteiger partial charge in [-0.1, -0.05) is 12.1 Å². The van der Waals surface area contributed by atoms with Crippen molar-refractivity contribution in [3.05, 3.63) is 35.3 Å². The molecule has 2 aromatic heterocycles. The van der Waals surface area contributed by atoms with Crippen molar-refractivity contribution in [1.29, 1.82) is 0 Å². The number of carbonyl (C=O) groups is 1. The maximum absolute atomic E-state index is 12.7. The molecule has 1 aromatic carbocycles. The van der Waals surface area contributed by atoms with Crippen LogP contribution >= 0.6 is 0 Å². The Kier molecular flexibility index (Phi) is 5.75. The van der Waals surface area contributed by atoms with Crippen LogP contribution in [0.15, 0.2) is 24.3 Å². The van der Waals surface area contributed by atoms with Gasteiger partial charge >= 0.3 is 11.9 Å². The van der Waals surface area contributed by atoms with Gasteiger partial charge in [-0.2, -0.15) is 0 Å². The summed E-state index contributed by atoms with van der Waals surface area (Å²) >= 11 is 0. The van der Waals surface area contributed by atoms with Gasteiger partial charge in [-0.25, -0.2) is 14.5 Å². The molecule has 0 saturated heterocycles. The molecule has 3 aromatic rings. The molecular formula is C22H31N5O4. The Bertz CT molecular complexity index is 1130. The third-order valence-corrected chi connectivity index (χ3v) is 4.80. The van der Waals surface area contributed by atoms with Gasteiger partial charge in [0.1, 0.15) is 16.9 Å². The van der Waals surface area contributed by atoms with E-state index >= 15 is 0 Å². The number of aromatic nitrogens is 3. The molecule has 0 aliphatic heterocycles. The van der Waals surface area contributed by atoms with Crippen LogP contribution in [0.1, 0.15) is 47.4 Å². The number of nitrogens with zero attached hydrogens (tertiary/aromatic N) is 4. The Balaban J connectivity index is 2.21. The number of carbonyl (C=O) groups excluding carboxylic acids is 1. The summed E-state index contributed by atoms with van der Waals surface area (Å²) in [7, 11) is 0. The van der Waals surface area contributed by atoms with Crippen LogP contribution in [0, 0.1) is 5.21 Å². The van der Waals surface area contributed by atoms with Gasteiger partial charge < -0.3 is 24.5 Å². The number of benzene rings is 1. The topological polar surface area (TPSA) is 121 Å². The Labute approximate surface area is 181 Å². The van der Waals surface area contributed by atoms with E-state index in [-0.39, 0.29) is 18.9 Å². The lowest BCUT2D eigenvalue weighted by Gasteiger charge is -2.27. The Morgan fingerprint density at radius 3 is 2.52 bits per heavy atom. The van der Waals surface area contributed by atoms with Crippen molar-refractivity contribution in [3.63, 3.8) is 0 Å². The predicted octanol–water partition coefficient (Wildman–Crippen LogP) is 2.93. The minimum Gasteiger partial charge on any atom is -0.710 e. The number of nitrogens with two attached hydrogens (primary N) is 1. The minimum atomic E-state index is -1.06. The maximum Gasteiger partial charge on any atom is 0.410 e. The lowest BCUT2D eigenvalue weighted by Crippen LogP contribution is -2.37. The van der Waals surface area contributed by atoms with Crippen molar-refractivity contribution >= 4 is 33.8 Å². The molecule has 0 saturated carbocycles. The summed E-state index contributed by atoms with van der Waals surface area (Å²) in [6.45, 7) is 11.4. The van der Waals surface area contributed by atoms with E-state index in [9.17, 15) is 15.1 Å². The zero-order chi connectivity index (χ0) is 23.1. The third kappa shape index (κ3) is 4.66. The molecule has 0 radical (unpaired) electrons. The van der Waals surface area contributed by atoms with E-state index in [2.05, 4.69) is 4.98 Å². The molecule has 1 amide bonds. The number of rotatable bonds is 5. The molecule has 0 atom stereocenters. The van der Waals surface area contributed by atoms with Gasteiger partial charge in [-0.3, -0.25) is 5.73 Å². The number of hydrogen-bond donors (Lipinski definition) is 2. The summed E-state index contributed by atoms with van der Waals surface area (Å²) in [5, 5.41) is 23.9. The van der Waals surface area contributed by atoms with Crippen LogP contribution in [0.5, 0.6) is 0 Å². The smallest absolute Gasteiger partial charge is 0.410 e. The number of nitrogen functional groups attached to an aromatic ring is 1. The normalized spacial score (nSPS) is 12.5. The highest BCUT2D eigenvalue weighted by atomic mass is 16.6. The SMILES string of the molecule is CCN(Cc1nc2c(N)[n+]([O-])c3ccccc3c2n1CC(C)(C)O)C(=O)OC(C)(C)C. The van der Waals surface area contributed by atoms with Gasteiger partial charge in [0.25, 0.3) is 0 Å². The summed E-state index contributed by atoms with van der Waals surface area (Å²) in [6.07, 6.45) is -0.464. The quantitative estimate of drug-likeness (QED) is 0.475. The van der Waals surface area contributed by atoms with Gasteiger partial charge in [0.05, 0.1) is 24.2 Å². The standard InChI is InChI=1S/C22H31N5O4/c1-7-25(20(28)31-21(2,3)4)12-16-24-17-18(26(16)13-22(5,6)29)14-10-8-9-11-15(14)27(30)19(17)23/h8-11,29H,7,12-13,23H2,1-6H3. The van der Waals surface area contributed by atoms with E-state index in [1.165, 1.54) is 4.90 Å². The van der Waals surface area contributed by atoms with E-state index in [1.807, 2.05) is 44.4 Å². The first kappa shape index (κ1) is 22.6. The number of para-hydroxylation sites is 1. The van der Waals surface area contributed by atoms with Gasteiger partial charge in [-0.15, -0.1) is 0 Å². The van der Waals surface area contributed by atoms with E-state index in [1.54, 1.807) is 26.0 Å². The number of anilines is 1. The van der Waals surface area contributed by atoms with Crippen molar-refractivity contribution in [2.75, 3.05) is 12.3 Å². The second-order valence-corrected chi connectivity index (χ2v) is 9.32. The lowest BCUT2D eigenvalue weighted by molar-refractivity contribution is -0.559. The van der Waals surface area contributed by atoms with Crippen LogP contribution in [0.25, 0.3) is 21.9 Å². The highest BCUT2D eigenvalue weighted by Crippen LogP contribution is 2.29. The number of ether oxygens (including phenoxy) is 1. The van der Waals surface area contributed by atoms with Crippen molar-refractivity contribution in [1.82, 2.24) is 14.5 Å². The van der Waals surface area contributed by atoms with Gasteiger partial charge in [0.15, 0.2) is 5.52 Å². The summed E-state index contributed by atoms with van der Waals surface area (Å²) in [5.41, 5.74) is 5.85. The van der Waals surface area contributed by atoms with Gasteiger partial charge in [-0.05, 0) is 53.7 Å². The Morgan fingerprint density at radius 1 is 1.29 bits per heavy atom. The molecule has 2 heterocycles. The Hall–Kier alpha value is -3.07. The van der Waals surface area contributed by atoms with Crippen molar-refractivity contribution in [2.24, 2.45) is 0 Å². The Morgan fingerprint density at radius 2 is 1.94 bits per heavy atom. The van der Waals surface area contributed by atoms with E-state index < -0.39 is 17.3 Å².